The zero-order chi connectivity index (χ0) is 14.7. The molecule has 0 aliphatic carbocycles. The molecule has 1 aliphatic rings. The summed E-state index contributed by atoms with van der Waals surface area (Å²) in [7, 11) is 0. The van der Waals surface area contributed by atoms with Crippen LogP contribution in [0.2, 0.25) is 5.02 Å². The van der Waals surface area contributed by atoms with Crippen molar-refractivity contribution < 1.29 is 4.79 Å². The van der Waals surface area contributed by atoms with Crippen molar-refractivity contribution in [3.63, 3.8) is 0 Å². The van der Waals surface area contributed by atoms with E-state index in [0.29, 0.717) is 18.0 Å². The first-order chi connectivity index (χ1) is 10.2. The number of amides is 1. The van der Waals surface area contributed by atoms with Gasteiger partial charge in [0, 0.05) is 35.9 Å². The molecule has 0 saturated carbocycles. The van der Waals surface area contributed by atoms with Gasteiger partial charge in [0.05, 0.1) is 0 Å². The third-order valence-electron chi connectivity index (χ3n) is 3.68. The van der Waals surface area contributed by atoms with Crippen molar-refractivity contribution >= 4 is 28.9 Å². The molecule has 3 nitrogen and oxygen atoms in total. The Hall–Kier alpha value is -2.00. The minimum Gasteiger partial charge on any atom is -0.384 e. The minimum absolute atomic E-state index is 0.162. The quantitative estimate of drug-likeness (QED) is 0.933. The third-order valence-corrected chi connectivity index (χ3v) is 3.92. The summed E-state index contributed by atoms with van der Waals surface area (Å²) in [5.74, 6) is 0.162. The van der Waals surface area contributed by atoms with E-state index in [4.69, 9.17) is 11.6 Å². The van der Waals surface area contributed by atoms with Crippen LogP contribution in [0.1, 0.15) is 12.0 Å². The fraction of sp³-hybridized carbons (Fsp3) is 0.235. The van der Waals surface area contributed by atoms with Crippen LogP contribution in [-0.4, -0.2) is 19.0 Å². The maximum atomic E-state index is 12.3. The summed E-state index contributed by atoms with van der Waals surface area (Å²) in [6.45, 7) is 1.40. The molecule has 1 amide bonds. The standard InChI is InChI=1S/C17H17ClN2O/c18-14-5-3-6-15(12-14)19-10-8-17(21)20-11-9-13-4-1-2-7-16(13)20/h1-7,12,19H,8-11H2. The molecule has 0 unspecified atom stereocenters. The van der Waals surface area contributed by atoms with Crippen LogP contribution in [0.5, 0.6) is 0 Å². The summed E-state index contributed by atoms with van der Waals surface area (Å²) in [5.41, 5.74) is 3.26. The monoisotopic (exact) mass is 300 g/mol. The summed E-state index contributed by atoms with van der Waals surface area (Å²) in [6, 6.07) is 15.6. The van der Waals surface area contributed by atoms with Crippen molar-refractivity contribution in [2.45, 2.75) is 12.8 Å². The van der Waals surface area contributed by atoms with Gasteiger partial charge in [-0.15, -0.1) is 0 Å². The molecular weight excluding hydrogens is 284 g/mol. The van der Waals surface area contributed by atoms with Crippen LogP contribution >= 0.6 is 11.6 Å². The van der Waals surface area contributed by atoms with E-state index < -0.39 is 0 Å². The molecule has 0 spiro atoms. The number of halogens is 1. The van der Waals surface area contributed by atoms with Crippen LogP contribution in [0.15, 0.2) is 48.5 Å². The predicted octanol–water partition coefficient (Wildman–Crippen LogP) is 3.73. The second kappa shape index (κ2) is 6.19. The van der Waals surface area contributed by atoms with Crippen LogP contribution in [0.4, 0.5) is 11.4 Å². The Balaban J connectivity index is 1.56. The second-order valence-corrected chi connectivity index (χ2v) is 5.55. The van der Waals surface area contributed by atoms with Crippen LogP contribution in [-0.2, 0) is 11.2 Å². The fourth-order valence-corrected chi connectivity index (χ4v) is 2.83. The number of para-hydroxylation sites is 1. The van der Waals surface area contributed by atoms with E-state index in [1.165, 1.54) is 5.56 Å². The van der Waals surface area contributed by atoms with E-state index in [1.807, 2.05) is 47.4 Å². The number of rotatable bonds is 4. The Morgan fingerprint density at radius 2 is 2.05 bits per heavy atom. The van der Waals surface area contributed by atoms with Gasteiger partial charge in [-0.05, 0) is 36.2 Å². The van der Waals surface area contributed by atoms with Gasteiger partial charge in [0.25, 0.3) is 0 Å². The molecular formula is C17H17ClN2O. The summed E-state index contributed by atoms with van der Waals surface area (Å²) < 4.78 is 0. The lowest BCUT2D eigenvalue weighted by Gasteiger charge is -2.17. The van der Waals surface area contributed by atoms with Crippen molar-refractivity contribution in [2.75, 3.05) is 23.3 Å². The highest BCUT2D eigenvalue weighted by molar-refractivity contribution is 6.30. The fourth-order valence-electron chi connectivity index (χ4n) is 2.64. The Kier molecular flexibility index (Phi) is 4.11. The van der Waals surface area contributed by atoms with Crippen molar-refractivity contribution in [3.05, 3.63) is 59.1 Å². The lowest BCUT2D eigenvalue weighted by Crippen LogP contribution is -2.30. The second-order valence-electron chi connectivity index (χ2n) is 5.11. The van der Waals surface area contributed by atoms with Gasteiger partial charge >= 0.3 is 0 Å². The van der Waals surface area contributed by atoms with Crippen molar-refractivity contribution in [1.29, 1.82) is 0 Å². The molecule has 2 aromatic rings. The predicted molar refractivity (Wildman–Crippen MR) is 87.1 cm³/mol. The smallest absolute Gasteiger partial charge is 0.228 e. The number of nitrogens with one attached hydrogen (secondary N) is 1. The third kappa shape index (κ3) is 3.19. The topological polar surface area (TPSA) is 32.3 Å². The van der Waals surface area contributed by atoms with Crippen molar-refractivity contribution in [3.8, 4) is 0 Å². The van der Waals surface area contributed by atoms with Crippen LogP contribution in [0.3, 0.4) is 0 Å². The van der Waals surface area contributed by atoms with E-state index in [0.717, 1.165) is 24.3 Å². The molecule has 0 radical (unpaired) electrons. The highest BCUT2D eigenvalue weighted by atomic mass is 35.5. The van der Waals surface area contributed by atoms with Gasteiger partial charge < -0.3 is 10.2 Å². The van der Waals surface area contributed by atoms with Gasteiger partial charge in [0.2, 0.25) is 5.91 Å². The molecule has 0 saturated heterocycles. The van der Waals surface area contributed by atoms with E-state index in [9.17, 15) is 4.79 Å². The normalized spacial score (nSPS) is 13.1. The van der Waals surface area contributed by atoms with Gasteiger partial charge in [-0.1, -0.05) is 35.9 Å². The average Bonchev–Trinajstić information content (AvgIpc) is 2.91. The molecule has 1 aliphatic heterocycles. The lowest BCUT2D eigenvalue weighted by atomic mass is 10.2. The molecule has 0 bridgehead atoms. The SMILES string of the molecule is O=C(CCNc1cccc(Cl)c1)N1CCc2ccccc21. The maximum absolute atomic E-state index is 12.3. The zero-order valence-electron chi connectivity index (χ0n) is 11.7. The summed E-state index contributed by atoms with van der Waals surface area (Å²) >= 11 is 5.93. The number of hydrogen-bond donors (Lipinski definition) is 1. The van der Waals surface area contributed by atoms with E-state index >= 15 is 0 Å². The number of nitrogens with zero attached hydrogens (tertiary/aromatic N) is 1. The first kappa shape index (κ1) is 14.0. The average molecular weight is 301 g/mol. The number of anilines is 2. The highest BCUT2D eigenvalue weighted by Crippen LogP contribution is 2.27. The minimum atomic E-state index is 0.162. The van der Waals surface area contributed by atoms with Gasteiger partial charge in [-0.25, -0.2) is 0 Å². The first-order valence-corrected chi connectivity index (χ1v) is 7.49. The van der Waals surface area contributed by atoms with E-state index in [-0.39, 0.29) is 5.91 Å². The molecule has 4 heteroatoms. The number of benzene rings is 2. The van der Waals surface area contributed by atoms with Gasteiger partial charge in [-0.3, -0.25) is 4.79 Å². The molecule has 0 fully saturated rings. The number of fused-ring (bicyclic) bond motifs is 1. The maximum Gasteiger partial charge on any atom is 0.228 e. The molecule has 0 atom stereocenters. The Morgan fingerprint density at radius 1 is 1.19 bits per heavy atom. The zero-order valence-corrected chi connectivity index (χ0v) is 12.4. The highest BCUT2D eigenvalue weighted by Gasteiger charge is 2.23. The van der Waals surface area contributed by atoms with Crippen molar-refractivity contribution in [1.82, 2.24) is 0 Å². The number of hydrogen-bond acceptors (Lipinski definition) is 2. The van der Waals surface area contributed by atoms with Gasteiger partial charge in [-0.2, -0.15) is 0 Å². The largest absolute Gasteiger partial charge is 0.384 e. The Bertz CT molecular complexity index is 657. The van der Waals surface area contributed by atoms with E-state index in [2.05, 4.69) is 11.4 Å². The summed E-state index contributed by atoms with van der Waals surface area (Å²) in [4.78, 5) is 14.2. The van der Waals surface area contributed by atoms with Gasteiger partial charge in [0.1, 0.15) is 0 Å². The molecule has 2 aromatic carbocycles. The van der Waals surface area contributed by atoms with Crippen LogP contribution in [0, 0.1) is 0 Å². The van der Waals surface area contributed by atoms with Crippen LogP contribution in [0.25, 0.3) is 0 Å². The lowest BCUT2D eigenvalue weighted by molar-refractivity contribution is -0.118. The summed E-state index contributed by atoms with van der Waals surface area (Å²) in [5, 5.41) is 3.93. The number of carbonyl (C=O) groups is 1. The number of carbonyl (C=O) groups excluding carboxylic acids is 1. The Morgan fingerprint density at radius 3 is 2.90 bits per heavy atom. The summed E-state index contributed by atoms with van der Waals surface area (Å²) in [6.07, 6.45) is 1.42. The Labute approximate surface area is 129 Å². The molecule has 1 heterocycles. The molecule has 3 rings (SSSR count). The molecule has 21 heavy (non-hydrogen) atoms. The first-order valence-electron chi connectivity index (χ1n) is 7.12. The van der Waals surface area contributed by atoms with E-state index in [1.54, 1.807) is 0 Å². The molecule has 108 valence electrons. The van der Waals surface area contributed by atoms with Crippen LogP contribution < -0.4 is 10.2 Å². The molecule has 1 N–H and O–H groups in total. The van der Waals surface area contributed by atoms with Crippen molar-refractivity contribution in [2.24, 2.45) is 0 Å². The van der Waals surface area contributed by atoms with Gasteiger partial charge in [0.15, 0.2) is 0 Å². The molecule has 0 aromatic heterocycles.